The summed E-state index contributed by atoms with van der Waals surface area (Å²) < 4.78 is 4.31. The minimum atomic E-state index is -2.10. The van der Waals surface area contributed by atoms with Crippen LogP contribution in [0.15, 0.2) is 0 Å². The van der Waals surface area contributed by atoms with Crippen LogP contribution in [-0.2, 0) is 4.79 Å². The molecule has 24 heavy (non-hydrogen) atoms. The van der Waals surface area contributed by atoms with Crippen molar-refractivity contribution in [2.45, 2.75) is 6.92 Å². The van der Waals surface area contributed by atoms with Crippen LogP contribution in [0.5, 0.6) is 5.75 Å². The van der Waals surface area contributed by atoms with E-state index in [1.165, 1.54) is 0 Å². The number of carbonyl (C=O) groups excluding carboxylic acids is 2. The van der Waals surface area contributed by atoms with Crippen molar-refractivity contribution in [2.24, 2.45) is 0 Å². The number of carboxylic acid groups (broad SMARTS) is 4. The first-order valence-electron chi connectivity index (χ1n) is 5.84. The molecule has 1 aromatic carbocycles. The smallest absolute Gasteiger partial charge is 0.340 e. The average Bonchev–Trinajstić information content (AvgIpc) is 2.44. The van der Waals surface area contributed by atoms with Crippen LogP contribution in [0.25, 0.3) is 0 Å². The zero-order chi connectivity index (χ0) is 18.8. The molecule has 0 saturated carbocycles. The summed E-state index contributed by atoms with van der Waals surface area (Å²) in [5, 5.41) is 36.6. The van der Waals surface area contributed by atoms with Crippen LogP contribution < -0.4 is 4.74 Å². The number of Topliss-reactive ketones (excluding diaryl/α,β-unsaturated/α-hetero) is 1. The van der Waals surface area contributed by atoms with Crippen LogP contribution in [0.4, 0.5) is 0 Å². The highest BCUT2D eigenvalue weighted by atomic mass is 16.5. The maximum Gasteiger partial charge on any atom is 0.340 e. The molecule has 0 aliphatic rings. The molecule has 11 heteroatoms. The molecule has 0 radical (unpaired) electrons. The van der Waals surface area contributed by atoms with Crippen LogP contribution in [0.2, 0.25) is 0 Å². The molecule has 4 N–H and O–H groups in total. The van der Waals surface area contributed by atoms with Crippen LogP contribution >= 0.6 is 0 Å². The van der Waals surface area contributed by atoms with E-state index in [4.69, 9.17) is 15.3 Å². The number of ether oxygens (including phenoxy) is 1. The number of aromatic carboxylic acids is 4. The normalized spacial score (nSPS) is 9.88. The standard InChI is InChI=1S/C13H8O11/c1-3(15)4-5(10(16)17)6(11(18)19)7(12(20)21)8(13(22)23)9(4)24-2-14/h2H,1H3,(H,16,17)(H,18,19)(H,20,21)(H,22,23). The third kappa shape index (κ3) is 2.90. The molecular formula is C13H8O11. The van der Waals surface area contributed by atoms with Crippen molar-refractivity contribution in [3.63, 3.8) is 0 Å². The van der Waals surface area contributed by atoms with Gasteiger partial charge in [0, 0.05) is 0 Å². The molecule has 0 atom stereocenters. The topological polar surface area (TPSA) is 193 Å². The first-order chi connectivity index (χ1) is 11.1. The van der Waals surface area contributed by atoms with Gasteiger partial charge in [-0.25, -0.2) is 19.2 Å². The van der Waals surface area contributed by atoms with Gasteiger partial charge >= 0.3 is 23.9 Å². The fourth-order valence-corrected chi connectivity index (χ4v) is 2.07. The van der Waals surface area contributed by atoms with Gasteiger partial charge in [-0.3, -0.25) is 9.59 Å². The van der Waals surface area contributed by atoms with Gasteiger partial charge in [0.15, 0.2) is 11.5 Å². The molecule has 1 aromatic rings. The minimum absolute atomic E-state index is 0.355. The zero-order valence-corrected chi connectivity index (χ0v) is 11.7. The second-order valence-corrected chi connectivity index (χ2v) is 4.19. The van der Waals surface area contributed by atoms with Crippen LogP contribution in [0, 0.1) is 0 Å². The molecule has 0 aromatic heterocycles. The largest absolute Gasteiger partial charge is 0.478 e. The van der Waals surface area contributed by atoms with Gasteiger partial charge in [-0.15, -0.1) is 0 Å². The predicted molar refractivity (Wildman–Crippen MR) is 71.0 cm³/mol. The van der Waals surface area contributed by atoms with Crippen LogP contribution in [0.3, 0.4) is 0 Å². The van der Waals surface area contributed by atoms with Gasteiger partial charge in [0.1, 0.15) is 5.56 Å². The van der Waals surface area contributed by atoms with Crippen molar-refractivity contribution in [1.29, 1.82) is 0 Å². The average molecular weight is 340 g/mol. The van der Waals surface area contributed by atoms with E-state index in [9.17, 15) is 33.9 Å². The number of benzene rings is 1. The molecule has 0 saturated heterocycles. The molecule has 0 aliphatic heterocycles. The third-order valence-corrected chi connectivity index (χ3v) is 2.83. The molecule has 0 spiro atoms. The monoisotopic (exact) mass is 340 g/mol. The lowest BCUT2D eigenvalue weighted by molar-refractivity contribution is -0.120. The summed E-state index contributed by atoms with van der Waals surface area (Å²) in [6, 6.07) is 0. The Kier molecular flexibility index (Phi) is 5.00. The van der Waals surface area contributed by atoms with E-state index in [1.54, 1.807) is 0 Å². The first-order valence-corrected chi connectivity index (χ1v) is 5.84. The number of rotatable bonds is 7. The van der Waals surface area contributed by atoms with Crippen molar-refractivity contribution in [1.82, 2.24) is 0 Å². The maximum absolute atomic E-state index is 11.7. The maximum atomic E-state index is 11.7. The lowest BCUT2D eigenvalue weighted by atomic mass is 9.88. The molecule has 11 nitrogen and oxygen atoms in total. The molecule has 0 bridgehead atoms. The Morgan fingerprint density at radius 2 is 1.04 bits per heavy atom. The van der Waals surface area contributed by atoms with E-state index in [2.05, 4.69) is 4.74 Å². The molecule has 0 heterocycles. The fraction of sp³-hybridized carbons (Fsp3) is 0.0769. The highest BCUT2D eigenvalue weighted by Crippen LogP contribution is 2.35. The van der Waals surface area contributed by atoms with Crippen molar-refractivity contribution < 1.29 is 53.9 Å². The van der Waals surface area contributed by atoms with E-state index in [0.717, 1.165) is 6.92 Å². The lowest BCUT2D eigenvalue weighted by Gasteiger charge is -2.17. The summed E-state index contributed by atoms with van der Waals surface area (Å²) in [6.07, 6.45) is 0. The van der Waals surface area contributed by atoms with Gasteiger partial charge in [0.05, 0.1) is 22.3 Å². The second kappa shape index (κ2) is 6.56. The number of ketones is 1. The van der Waals surface area contributed by atoms with E-state index in [0.29, 0.717) is 0 Å². The minimum Gasteiger partial charge on any atom is -0.478 e. The Labute approximate surface area is 131 Å². The van der Waals surface area contributed by atoms with Gasteiger partial charge in [-0.05, 0) is 6.92 Å². The Balaban J connectivity index is 4.40. The Morgan fingerprint density at radius 1 is 0.708 bits per heavy atom. The summed E-state index contributed by atoms with van der Waals surface area (Å²) in [5.41, 5.74) is -6.53. The van der Waals surface area contributed by atoms with Gasteiger partial charge in [-0.1, -0.05) is 0 Å². The fourth-order valence-electron chi connectivity index (χ4n) is 2.07. The first kappa shape index (κ1) is 18.3. The summed E-state index contributed by atoms with van der Waals surface area (Å²) in [6.45, 7) is 0.406. The highest BCUT2D eigenvalue weighted by Gasteiger charge is 2.38. The van der Waals surface area contributed by atoms with Crippen LogP contribution in [0.1, 0.15) is 58.7 Å². The Morgan fingerprint density at radius 3 is 1.33 bits per heavy atom. The summed E-state index contributed by atoms with van der Waals surface area (Å²) in [5.74, 6) is -10.6. The van der Waals surface area contributed by atoms with Gasteiger partial charge < -0.3 is 25.2 Å². The molecule has 0 fully saturated rings. The molecule has 0 amide bonds. The molecule has 1 rings (SSSR count). The molecule has 126 valence electrons. The lowest BCUT2D eigenvalue weighted by Crippen LogP contribution is -2.24. The van der Waals surface area contributed by atoms with E-state index < -0.39 is 63.2 Å². The van der Waals surface area contributed by atoms with Crippen molar-refractivity contribution in [3.8, 4) is 5.75 Å². The van der Waals surface area contributed by atoms with Gasteiger partial charge in [0.2, 0.25) is 0 Å². The van der Waals surface area contributed by atoms with E-state index in [-0.39, 0.29) is 6.47 Å². The quantitative estimate of drug-likeness (QED) is 0.391. The number of carbonyl (C=O) groups is 6. The molecule has 0 aliphatic carbocycles. The number of hydrogen-bond donors (Lipinski definition) is 4. The Hall–Kier alpha value is -3.76. The summed E-state index contributed by atoms with van der Waals surface area (Å²) >= 11 is 0. The second-order valence-electron chi connectivity index (χ2n) is 4.19. The highest BCUT2D eigenvalue weighted by molar-refractivity contribution is 6.20. The summed E-state index contributed by atoms with van der Waals surface area (Å²) in [4.78, 5) is 67.6. The van der Waals surface area contributed by atoms with Crippen LogP contribution in [-0.4, -0.2) is 56.6 Å². The van der Waals surface area contributed by atoms with Crippen molar-refractivity contribution in [2.75, 3.05) is 0 Å². The predicted octanol–water partition coefficient (Wildman–Crippen LogP) is 0.217. The molecular weight excluding hydrogens is 332 g/mol. The summed E-state index contributed by atoms with van der Waals surface area (Å²) in [7, 11) is 0. The SMILES string of the molecule is CC(=O)c1c(OC=O)c(C(=O)O)c(C(=O)O)c(C(=O)O)c1C(=O)O. The van der Waals surface area contributed by atoms with Crippen molar-refractivity contribution in [3.05, 3.63) is 27.8 Å². The number of hydrogen-bond acceptors (Lipinski definition) is 7. The van der Waals surface area contributed by atoms with Gasteiger partial charge in [0.25, 0.3) is 6.47 Å². The zero-order valence-electron chi connectivity index (χ0n) is 11.7. The van der Waals surface area contributed by atoms with Gasteiger partial charge in [-0.2, -0.15) is 0 Å². The van der Waals surface area contributed by atoms with E-state index >= 15 is 0 Å². The number of carboxylic acids is 4. The van der Waals surface area contributed by atoms with Crippen molar-refractivity contribution >= 4 is 36.1 Å². The van der Waals surface area contributed by atoms with E-state index in [1.807, 2.05) is 0 Å². The third-order valence-electron chi connectivity index (χ3n) is 2.83. The molecule has 0 unspecified atom stereocenters. The Bertz CT molecular complexity index is 750.